The molecule has 0 aromatic carbocycles. The topological polar surface area (TPSA) is 30.7 Å². The Bertz CT molecular complexity index is 328. The Balaban J connectivity index is 1.93. The van der Waals surface area contributed by atoms with Crippen molar-refractivity contribution in [2.45, 2.75) is 39.7 Å². The largest absolute Gasteiger partial charge is 0.252 e. The van der Waals surface area contributed by atoms with Gasteiger partial charge in [-0.2, -0.15) is 0 Å². The van der Waals surface area contributed by atoms with Gasteiger partial charge in [0.15, 0.2) is 0 Å². The van der Waals surface area contributed by atoms with Crippen molar-refractivity contribution < 1.29 is 0 Å². The highest BCUT2D eigenvalue weighted by atomic mass is 79.9. The third-order valence-electron chi connectivity index (χ3n) is 2.75. The molecule has 84 valence electrons. The molecule has 2 rings (SSSR count). The van der Waals surface area contributed by atoms with Gasteiger partial charge in [-0.3, -0.25) is 4.68 Å². The predicted octanol–water partition coefficient (Wildman–Crippen LogP) is 2.65. The molecule has 1 aliphatic carbocycles. The molecule has 0 unspecified atom stereocenters. The lowest BCUT2D eigenvalue weighted by molar-refractivity contribution is 0.419. The van der Waals surface area contributed by atoms with E-state index in [0.717, 1.165) is 29.9 Å². The van der Waals surface area contributed by atoms with Crippen molar-refractivity contribution in [3.05, 3.63) is 11.9 Å². The molecule has 1 heterocycles. The fraction of sp³-hybridized carbons (Fsp3) is 0.818. The van der Waals surface area contributed by atoms with Crippen LogP contribution in [0.15, 0.2) is 6.20 Å². The van der Waals surface area contributed by atoms with Gasteiger partial charge in [0.05, 0.1) is 5.69 Å². The van der Waals surface area contributed by atoms with Crippen molar-refractivity contribution in [1.82, 2.24) is 15.0 Å². The molecule has 1 saturated carbocycles. The monoisotopic (exact) mass is 271 g/mol. The summed E-state index contributed by atoms with van der Waals surface area (Å²) in [5.41, 5.74) is 1.38. The molecule has 0 amide bonds. The number of hydrogen-bond donors (Lipinski definition) is 0. The highest BCUT2D eigenvalue weighted by molar-refractivity contribution is 9.09. The zero-order valence-corrected chi connectivity index (χ0v) is 11.0. The van der Waals surface area contributed by atoms with Crippen LogP contribution in [0, 0.1) is 11.3 Å². The molecule has 0 bridgehead atoms. The molecular weight excluding hydrogens is 254 g/mol. The molecule has 0 saturated heterocycles. The lowest BCUT2D eigenvalue weighted by Gasteiger charge is -2.19. The first-order valence-electron chi connectivity index (χ1n) is 5.54. The molecule has 3 nitrogen and oxygen atoms in total. The van der Waals surface area contributed by atoms with Gasteiger partial charge in [0.2, 0.25) is 0 Å². The predicted molar refractivity (Wildman–Crippen MR) is 64.0 cm³/mol. The summed E-state index contributed by atoms with van der Waals surface area (Å²) in [5.74, 6) is 0.865. The van der Waals surface area contributed by atoms with Crippen LogP contribution in [0.3, 0.4) is 0 Å². The minimum absolute atomic E-state index is 0.264. The highest BCUT2D eigenvalue weighted by Gasteiger charge is 2.23. The van der Waals surface area contributed by atoms with Crippen molar-refractivity contribution in [2.24, 2.45) is 11.3 Å². The average molecular weight is 272 g/mol. The SMILES string of the molecule is CC(C)(CBr)Cc1cn(CC2CC2)nn1. The maximum absolute atomic E-state index is 4.22. The van der Waals surface area contributed by atoms with E-state index in [2.05, 4.69) is 46.3 Å². The molecule has 1 aromatic heterocycles. The molecule has 1 aliphatic rings. The maximum Gasteiger partial charge on any atom is 0.0832 e. The van der Waals surface area contributed by atoms with E-state index in [1.54, 1.807) is 0 Å². The second-order valence-corrected chi connectivity index (χ2v) is 5.91. The van der Waals surface area contributed by atoms with Crippen molar-refractivity contribution in [3.8, 4) is 0 Å². The summed E-state index contributed by atoms with van der Waals surface area (Å²) in [7, 11) is 0. The Morgan fingerprint density at radius 2 is 2.27 bits per heavy atom. The molecule has 0 atom stereocenters. The van der Waals surface area contributed by atoms with Gasteiger partial charge < -0.3 is 0 Å². The summed E-state index contributed by atoms with van der Waals surface area (Å²) in [6.07, 6.45) is 5.82. The number of hydrogen-bond acceptors (Lipinski definition) is 2. The Labute approximate surface area is 99.4 Å². The van der Waals surface area contributed by atoms with Crippen LogP contribution < -0.4 is 0 Å². The molecular formula is C11H18BrN3. The van der Waals surface area contributed by atoms with E-state index in [-0.39, 0.29) is 5.41 Å². The first-order valence-corrected chi connectivity index (χ1v) is 6.66. The molecule has 0 aliphatic heterocycles. The molecule has 1 fully saturated rings. The smallest absolute Gasteiger partial charge is 0.0832 e. The molecule has 0 N–H and O–H groups in total. The van der Waals surface area contributed by atoms with Crippen molar-refractivity contribution in [3.63, 3.8) is 0 Å². The van der Waals surface area contributed by atoms with Crippen LogP contribution in [0.1, 0.15) is 32.4 Å². The molecule has 4 heteroatoms. The van der Waals surface area contributed by atoms with Gasteiger partial charge in [0.25, 0.3) is 0 Å². The minimum atomic E-state index is 0.264. The van der Waals surface area contributed by atoms with Crippen LogP contribution >= 0.6 is 15.9 Å². The number of aromatic nitrogens is 3. The molecule has 0 radical (unpaired) electrons. The molecule has 15 heavy (non-hydrogen) atoms. The summed E-state index contributed by atoms with van der Waals surface area (Å²) >= 11 is 3.53. The third kappa shape index (κ3) is 3.30. The van der Waals surface area contributed by atoms with Crippen LogP contribution in [0.5, 0.6) is 0 Å². The second-order valence-electron chi connectivity index (χ2n) is 5.35. The number of alkyl halides is 1. The number of nitrogens with zero attached hydrogens (tertiary/aromatic N) is 3. The van der Waals surface area contributed by atoms with E-state index in [4.69, 9.17) is 0 Å². The Hall–Kier alpha value is -0.380. The Kier molecular flexibility index (Phi) is 3.14. The van der Waals surface area contributed by atoms with Crippen LogP contribution in [0.2, 0.25) is 0 Å². The first kappa shape index (κ1) is 11.1. The van der Waals surface area contributed by atoms with Crippen molar-refractivity contribution >= 4 is 15.9 Å². The van der Waals surface area contributed by atoms with Gasteiger partial charge in [-0.25, -0.2) is 0 Å². The van der Waals surface area contributed by atoms with Crippen LogP contribution in [-0.4, -0.2) is 20.3 Å². The van der Waals surface area contributed by atoms with E-state index < -0.39 is 0 Å². The van der Waals surface area contributed by atoms with Gasteiger partial charge in [0.1, 0.15) is 0 Å². The number of halogens is 1. The maximum atomic E-state index is 4.22. The fourth-order valence-electron chi connectivity index (χ4n) is 1.61. The summed E-state index contributed by atoms with van der Waals surface area (Å²) < 4.78 is 2.00. The van der Waals surface area contributed by atoms with E-state index in [0.29, 0.717) is 0 Å². The van der Waals surface area contributed by atoms with E-state index in [1.807, 2.05) is 4.68 Å². The number of rotatable bonds is 5. The van der Waals surface area contributed by atoms with E-state index in [1.165, 1.54) is 12.8 Å². The standard InChI is InChI=1S/C11H18BrN3/c1-11(2,8-12)5-10-7-15(14-13-10)6-9-3-4-9/h7,9H,3-6,8H2,1-2H3. The average Bonchev–Trinajstić information content (AvgIpc) is 2.88. The van der Waals surface area contributed by atoms with E-state index in [9.17, 15) is 0 Å². The Morgan fingerprint density at radius 1 is 1.53 bits per heavy atom. The van der Waals surface area contributed by atoms with Gasteiger partial charge in [0, 0.05) is 18.1 Å². The summed E-state index contributed by atoms with van der Waals surface area (Å²) in [4.78, 5) is 0. The van der Waals surface area contributed by atoms with Crippen LogP contribution in [0.4, 0.5) is 0 Å². The first-order chi connectivity index (χ1) is 7.09. The van der Waals surface area contributed by atoms with Gasteiger partial charge >= 0.3 is 0 Å². The zero-order valence-electron chi connectivity index (χ0n) is 9.41. The summed E-state index contributed by atoms with van der Waals surface area (Å²) in [5, 5.41) is 9.38. The van der Waals surface area contributed by atoms with Crippen LogP contribution in [0.25, 0.3) is 0 Å². The zero-order chi connectivity index (χ0) is 10.9. The van der Waals surface area contributed by atoms with Crippen LogP contribution in [-0.2, 0) is 13.0 Å². The molecule has 1 aromatic rings. The van der Waals surface area contributed by atoms with Crippen molar-refractivity contribution in [2.75, 3.05) is 5.33 Å². The van der Waals surface area contributed by atoms with Gasteiger partial charge in [-0.05, 0) is 30.6 Å². The molecule has 0 spiro atoms. The quantitative estimate of drug-likeness (QED) is 0.771. The summed E-state index contributed by atoms with van der Waals surface area (Å²) in [6, 6.07) is 0. The normalized spacial score (nSPS) is 17.0. The third-order valence-corrected chi connectivity index (χ3v) is 4.27. The van der Waals surface area contributed by atoms with E-state index >= 15 is 0 Å². The second kappa shape index (κ2) is 4.24. The lowest BCUT2D eigenvalue weighted by Crippen LogP contribution is -2.16. The highest BCUT2D eigenvalue weighted by Crippen LogP contribution is 2.30. The van der Waals surface area contributed by atoms with Gasteiger partial charge in [-0.15, -0.1) is 5.10 Å². The summed E-state index contributed by atoms with van der Waals surface area (Å²) in [6.45, 7) is 5.53. The Morgan fingerprint density at radius 3 is 2.87 bits per heavy atom. The lowest BCUT2D eigenvalue weighted by atomic mass is 9.91. The van der Waals surface area contributed by atoms with Gasteiger partial charge in [-0.1, -0.05) is 35.0 Å². The fourth-order valence-corrected chi connectivity index (χ4v) is 1.81. The minimum Gasteiger partial charge on any atom is -0.252 e. The van der Waals surface area contributed by atoms with Crippen molar-refractivity contribution in [1.29, 1.82) is 0 Å².